The molecule has 1 aliphatic heterocycles. The summed E-state index contributed by atoms with van der Waals surface area (Å²) in [5.41, 5.74) is 1.68. The summed E-state index contributed by atoms with van der Waals surface area (Å²) in [6.07, 6.45) is 7.34. The lowest BCUT2D eigenvalue weighted by atomic mass is 9.78. The number of piperidine rings is 1. The van der Waals surface area contributed by atoms with Crippen molar-refractivity contribution in [2.24, 2.45) is 5.92 Å². The molecule has 1 saturated carbocycles. The fourth-order valence-corrected chi connectivity index (χ4v) is 4.54. The van der Waals surface area contributed by atoms with Gasteiger partial charge in [-0.1, -0.05) is 12.8 Å². The summed E-state index contributed by atoms with van der Waals surface area (Å²) < 4.78 is 11.2. The summed E-state index contributed by atoms with van der Waals surface area (Å²) in [7, 11) is 1.65. The van der Waals surface area contributed by atoms with Gasteiger partial charge in [-0.2, -0.15) is 0 Å². The van der Waals surface area contributed by atoms with Crippen molar-refractivity contribution in [2.75, 3.05) is 13.7 Å². The van der Waals surface area contributed by atoms with Crippen molar-refractivity contribution >= 4 is 16.9 Å². The number of rotatable bonds is 2. The number of likely N-dealkylation sites (tertiary alicyclic amines) is 1. The van der Waals surface area contributed by atoms with Gasteiger partial charge in [-0.15, -0.1) is 0 Å². The molecule has 2 aromatic rings. The number of hydrogen-bond acceptors (Lipinski definition) is 3. The summed E-state index contributed by atoms with van der Waals surface area (Å²) in [6, 6.07) is 6.11. The monoisotopic (exact) mass is 327 g/mol. The molecule has 1 aromatic heterocycles. The molecule has 1 saturated heterocycles. The Hall–Kier alpha value is -1.97. The molecule has 4 nitrogen and oxygen atoms in total. The number of nitrogens with zero attached hydrogens (tertiary/aromatic N) is 1. The lowest BCUT2D eigenvalue weighted by Gasteiger charge is -2.43. The van der Waals surface area contributed by atoms with Crippen molar-refractivity contribution in [3.63, 3.8) is 0 Å². The number of fused-ring (bicyclic) bond motifs is 2. The molecule has 1 aromatic carbocycles. The summed E-state index contributed by atoms with van der Waals surface area (Å²) in [5, 5.41) is 0.968. The van der Waals surface area contributed by atoms with E-state index < -0.39 is 0 Å². The van der Waals surface area contributed by atoms with Crippen molar-refractivity contribution < 1.29 is 13.9 Å². The number of carbonyl (C=O) groups excluding carboxylic acids is 1. The number of carbonyl (C=O) groups is 1. The fourth-order valence-electron chi connectivity index (χ4n) is 4.54. The van der Waals surface area contributed by atoms with Crippen LogP contribution < -0.4 is 4.74 Å². The maximum atomic E-state index is 13.2. The van der Waals surface area contributed by atoms with Gasteiger partial charge in [0.15, 0.2) is 5.76 Å². The highest BCUT2D eigenvalue weighted by Crippen LogP contribution is 2.37. The van der Waals surface area contributed by atoms with Gasteiger partial charge in [-0.05, 0) is 56.7 Å². The molecule has 0 N–H and O–H groups in total. The molecule has 0 radical (unpaired) electrons. The molecule has 0 bridgehead atoms. The smallest absolute Gasteiger partial charge is 0.290 e. The van der Waals surface area contributed by atoms with E-state index in [1.54, 1.807) is 7.11 Å². The second kappa shape index (κ2) is 6.15. The first-order valence-electron chi connectivity index (χ1n) is 9.07. The minimum Gasteiger partial charge on any atom is -0.497 e. The van der Waals surface area contributed by atoms with Crippen LogP contribution in [0.1, 0.15) is 54.6 Å². The van der Waals surface area contributed by atoms with Crippen molar-refractivity contribution in [2.45, 2.75) is 51.5 Å². The molecule has 2 unspecified atom stereocenters. The minimum atomic E-state index is 0.0688. The highest BCUT2D eigenvalue weighted by atomic mass is 16.5. The number of ether oxygens (including phenoxy) is 1. The molecule has 1 aliphatic carbocycles. The van der Waals surface area contributed by atoms with Crippen LogP contribution in [0.4, 0.5) is 0 Å². The van der Waals surface area contributed by atoms with Crippen LogP contribution in [0.15, 0.2) is 22.6 Å². The fraction of sp³-hybridized carbons (Fsp3) is 0.550. The number of amides is 1. The number of methoxy groups -OCH3 is 1. The Kier molecular flexibility index (Phi) is 3.99. The lowest BCUT2D eigenvalue weighted by molar-refractivity contribution is 0.0363. The van der Waals surface area contributed by atoms with E-state index in [2.05, 4.69) is 4.90 Å². The third-order valence-electron chi connectivity index (χ3n) is 5.84. The second-order valence-corrected chi connectivity index (χ2v) is 7.17. The van der Waals surface area contributed by atoms with Crippen molar-refractivity contribution in [1.82, 2.24) is 4.90 Å². The molecule has 2 fully saturated rings. The quantitative estimate of drug-likeness (QED) is 0.813. The van der Waals surface area contributed by atoms with Crippen LogP contribution in [0, 0.1) is 12.8 Å². The number of aryl methyl sites for hydroxylation is 1. The van der Waals surface area contributed by atoms with Crippen LogP contribution in [0.2, 0.25) is 0 Å². The zero-order valence-electron chi connectivity index (χ0n) is 14.5. The van der Waals surface area contributed by atoms with E-state index in [9.17, 15) is 4.79 Å². The predicted octanol–water partition coefficient (Wildman–Crippen LogP) is 4.54. The van der Waals surface area contributed by atoms with Crippen LogP contribution in [0.25, 0.3) is 11.0 Å². The van der Waals surface area contributed by atoms with Crippen molar-refractivity contribution in [3.05, 3.63) is 29.5 Å². The maximum Gasteiger partial charge on any atom is 0.290 e. The highest BCUT2D eigenvalue weighted by Gasteiger charge is 2.37. The van der Waals surface area contributed by atoms with Gasteiger partial charge >= 0.3 is 0 Å². The first-order chi connectivity index (χ1) is 11.7. The van der Waals surface area contributed by atoms with Crippen LogP contribution in [-0.4, -0.2) is 30.5 Å². The average Bonchev–Trinajstić information content (AvgIpc) is 2.96. The van der Waals surface area contributed by atoms with Gasteiger partial charge in [-0.25, -0.2) is 0 Å². The Morgan fingerprint density at radius 3 is 2.83 bits per heavy atom. The van der Waals surface area contributed by atoms with Gasteiger partial charge in [0, 0.05) is 23.5 Å². The molecule has 2 heterocycles. The Balaban J connectivity index is 1.68. The van der Waals surface area contributed by atoms with Gasteiger partial charge in [-0.3, -0.25) is 4.79 Å². The van der Waals surface area contributed by atoms with Crippen LogP contribution in [-0.2, 0) is 0 Å². The van der Waals surface area contributed by atoms with E-state index in [4.69, 9.17) is 9.15 Å². The van der Waals surface area contributed by atoms with E-state index >= 15 is 0 Å². The third kappa shape index (κ3) is 2.48. The van der Waals surface area contributed by atoms with Crippen LogP contribution in [0.3, 0.4) is 0 Å². The van der Waals surface area contributed by atoms with E-state index in [0.29, 0.717) is 17.7 Å². The zero-order chi connectivity index (χ0) is 16.7. The summed E-state index contributed by atoms with van der Waals surface area (Å²) >= 11 is 0. The predicted molar refractivity (Wildman–Crippen MR) is 93.5 cm³/mol. The SMILES string of the molecule is COc1ccc2oc(C(=O)N3CCCC4CCCCC43)c(C)c2c1. The van der Waals surface area contributed by atoms with Crippen LogP contribution >= 0.6 is 0 Å². The normalized spacial score (nSPS) is 24.0. The van der Waals surface area contributed by atoms with E-state index in [0.717, 1.165) is 41.7 Å². The lowest BCUT2D eigenvalue weighted by Crippen LogP contribution is -2.49. The average molecular weight is 327 g/mol. The number of benzene rings is 1. The van der Waals surface area contributed by atoms with Gasteiger partial charge in [0.05, 0.1) is 7.11 Å². The van der Waals surface area contributed by atoms with Crippen molar-refractivity contribution in [3.8, 4) is 5.75 Å². The van der Waals surface area contributed by atoms with Crippen LogP contribution in [0.5, 0.6) is 5.75 Å². The number of hydrogen-bond donors (Lipinski definition) is 0. The molecule has 128 valence electrons. The molecule has 0 spiro atoms. The maximum absolute atomic E-state index is 13.2. The third-order valence-corrected chi connectivity index (χ3v) is 5.84. The highest BCUT2D eigenvalue weighted by molar-refractivity contribution is 5.99. The number of furan rings is 1. The van der Waals surface area contributed by atoms with Gasteiger partial charge in [0.25, 0.3) is 5.91 Å². The molecule has 24 heavy (non-hydrogen) atoms. The Morgan fingerprint density at radius 2 is 2.00 bits per heavy atom. The van der Waals surface area contributed by atoms with Crippen molar-refractivity contribution in [1.29, 1.82) is 0 Å². The molecular formula is C20H25NO3. The first kappa shape index (κ1) is 15.6. The second-order valence-electron chi connectivity index (χ2n) is 7.17. The minimum absolute atomic E-state index is 0.0688. The van der Waals surface area contributed by atoms with Gasteiger partial charge in [0.2, 0.25) is 0 Å². The topological polar surface area (TPSA) is 42.7 Å². The molecule has 4 rings (SSSR count). The van der Waals surface area contributed by atoms with E-state index in [1.165, 1.54) is 25.7 Å². The standard InChI is InChI=1S/C20H25NO3/c1-13-16-12-15(23-2)9-10-18(16)24-19(13)20(22)21-11-5-7-14-6-3-4-8-17(14)21/h9-10,12,14,17H,3-8,11H2,1-2H3. The Morgan fingerprint density at radius 1 is 1.21 bits per heavy atom. The van der Waals surface area contributed by atoms with Gasteiger partial charge in [0.1, 0.15) is 11.3 Å². The summed E-state index contributed by atoms with van der Waals surface area (Å²) in [4.78, 5) is 15.3. The molecule has 4 heteroatoms. The van der Waals surface area contributed by atoms with Gasteiger partial charge < -0.3 is 14.1 Å². The van der Waals surface area contributed by atoms with E-state index in [1.807, 2.05) is 25.1 Å². The summed E-state index contributed by atoms with van der Waals surface area (Å²) in [5.74, 6) is 2.04. The molecular weight excluding hydrogens is 302 g/mol. The van der Waals surface area contributed by atoms with E-state index in [-0.39, 0.29) is 5.91 Å². The Bertz CT molecular complexity index is 762. The largest absolute Gasteiger partial charge is 0.497 e. The zero-order valence-corrected chi connectivity index (χ0v) is 14.5. The molecule has 2 atom stereocenters. The first-order valence-corrected chi connectivity index (χ1v) is 9.07. The Labute approximate surface area is 142 Å². The summed E-state index contributed by atoms with van der Waals surface area (Å²) in [6.45, 7) is 2.83. The molecule has 2 aliphatic rings. The molecule has 1 amide bonds.